The average Bonchev–Trinajstić information content (AvgIpc) is 3.48. The van der Waals surface area contributed by atoms with Crippen LogP contribution >= 0.6 is 0 Å². The number of nitrogens with zero attached hydrogens (tertiary/aromatic N) is 2. The molecule has 2 aromatic rings. The number of anilines is 1. The lowest BCUT2D eigenvalue weighted by molar-refractivity contribution is 0.0904. The van der Waals surface area contributed by atoms with Crippen molar-refractivity contribution in [3.63, 3.8) is 0 Å². The third kappa shape index (κ3) is 4.27. The zero-order chi connectivity index (χ0) is 22.5. The van der Waals surface area contributed by atoms with Gasteiger partial charge in [0.15, 0.2) is 0 Å². The molecule has 0 spiro atoms. The molecule has 3 N–H and O–H groups in total. The van der Waals surface area contributed by atoms with Gasteiger partial charge in [-0.15, -0.1) is 0 Å². The van der Waals surface area contributed by atoms with Gasteiger partial charge in [0.05, 0.1) is 22.6 Å². The maximum atomic E-state index is 15.2. The molecule has 3 aliphatic rings. The molecule has 1 saturated heterocycles. The molecule has 1 aromatic carbocycles. The van der Waals surface area contributed by atoms with E-state index < -0.39 is 11.7 Å². The summed E-state index contributed by atoms with van der Waals surface area (Å²) in [5, 5.41) is 8.36. The number of nitrogens with one attached hydrogen (secondary N) is 1. The number of halogens is 1. The molecule has 7 heteroatoms. The molecule has 2 fully saturated rings. The molecule has 1 aliphatic heterocycles. The highest BCUT2D eigenvalue weighted by Gasteiger charge is 2.34. The number of amides is 1. The van der Waals surface area contributed by atoms with Crippen molar-refractivity contribution in [1.29, 1.82) is 0 Å². The average molecular weight is 441 g/mol. The van der Waals surface area contributed by atoms with Crippen LogP contribution < -0.4 is 11.1 Å². The molecular weight excluding hydrogens is 407 g/mol. The van der Waals surface area contributed by atoms with Crippen LogP contribution in [0.3, 0.4) is 0 Å². The van der Waals surface area contributed by atoms with E-state index in [0.29, 0.717) is 24.6 Å². The van der Waals surface area contributed by atoms with Crippen molar-refractivity contribution in [2.75, 3.05) is 18.5 Å². The van der Waals surface area contributed by atoms with E-state index in [1.807, 2.05) is 10.7 Å². The lowest BCUT2D eigenvalue weighted by atomic mass is 9.76. The molecule has 0 unspecified atom stereocenters. The molecule has 0 atom stereocenters. The van der Waals surface area contributed by atoms with E-state index in [4.69, 9.17) is 15.6 Å². The van der Waals surface area contributed by atoms with Crippen molar-refractivity contribution < 1.29 is 13.9 Å². The third-order valence-corrected chi connectivity index (χ3v) is 7.20. The summed E-state index contributed by atoms with van der Waals surface area (Å²) in [5.41, 5.74) is 10.4. The van der Waals surface area contributed by atoms with E-state index in [0.717, 1.165) is 50.1 Å². The van der Waals surface area contributed by atoms with Crippen molar-refractivity contribution in [2.45, 2.75) is 71.3 Å². The summed E-state index contributed by atoms with van der Waals surface area (Å²) in [6, 6.07) is 3.37. The third-order valence-electron chi connectivity index (χ3n) is 7.20. The summed E-state index contributed by atoms with van der Waals surface area (Å²) in [4.78, 5) is 12.1. The monoisotopic (exact) mass is 440 g/mol. The molecule has 0 bridgehead atoms. The van der Waals surface area contributed by atoms with Gasteiger partial charge < -0.3 is 15.8 Å². The second-order valence-electron chi connectivity index (χ2n) is 10.5. The predicted molar refractivity (Wildman–Crippen MR) is 122 cm³/mol. The van der Waals surface area contributed by atoms with Crippen molar-refractivity contribution in [3.05, 3.63) is 40.5 Å². The van der Waals surface area contributed by atoms with Gasteiger partial charge in [0.2, 0.25) is 0 Å². The van der Waals surface area contributed by atoms with Crippen molar-refractivity contribution >= 4 is 11.6 Å². The molecule has 1 amide bonds. The van der Waals surface area contributed by atoms with E-state index in [-0.39, 0.29) is 17.0 Å². The minimum Gasteiger partial charge on any atom is -0.381 e. The van der Waals surface area contributed by atoms with E-state index in [9.17, 15) is 4.79 Å². The Morgan fingerprint density at radius 1 is 1.28 bits per heavy atom. The fourth-order valence-corrected chi connectivity index (χ4v) is 5.12. The van der Waals surface area contributed by atoms with Crippen LogP contribution in [-0.2, 0) is 24.0 Å². The molecule has 32 heavy (non-hydrogen) atoms. The number of hydrogen-bond donors (Lipinski definition) is 2. The summed E-state index contributed by atoms with van der Waals surface area (Å²) in [7, 11) is 0. The summed E-state index contributed by atoms with van der Waals surface area (Å²) in [6.45, 7) is 5.86. The number of aromatic nitrogens is 2. The number of carbonyl (C=O) groups is 1. The minimum atomic E-state index is -0.762. The van der Waals surface area contributed by atoms with Crippen LogP contribution in [0.2, 0.25) is 0 Å². The number of primary amides is 1. The zero-order valence-corrected chi connectivity index (χ0v) is 19.0. The van der Waals surface area contributed by atoms with Gasteiger partial charge in [-0.05, 0) is 74.3 Å². The standard InChI is InChI=1S/C25H33FN4O2/c1-25(2)8-5-18-20(11-15-3-4-15)29-30(22(18)14-25)17-12-19(26)23(24(27)31)21(13-17)28-16-6-9-32-10-7-16/h12-13,15-16,28H,3-11,14H2,1-2H3,(H2,27,31). The molecular formula is C25H33FN4O2. The Labute approximate surface area is 188 Å². The highest BCUT2D eigenvalue weighted by molar-refractivity contribution is 5.99. The highest BCUT2D eigenvalue weighted by atomic mass is 19.1. The van der Waals surface area contributed by atoms with Crippen LogP contribution in [0.1, 0.15) is 73.3 Å². The number of nitrogens with two attached hydrogens (primary N) is 1. The van der Waals surface area contributed by atoms with Crippen LogP contribution in [-0.4, -0.2) is 34.9 Å². The van der Waals surface area contributed by atoms with Gasteiger partial charge in [-0.25, -0.2) is 9.07 Å². The summed E-state index contributed by atoms with van der Waals surface area (Å²) >= 11 is 0. The smallest absolute Gasteiger partial charge is 0.253 e. The maximum absolute atomic E-state index is 15.2. The van der Waals surface area contributed by atoms with Gasteiger partial charge in [0, 0.05) is 31.0 Å². The van der Waals surface area contributed by atoms with Gasteiger partial charge in [0.25, 0.3) is 5.91 Å². The van der Waals surface area contributed by atoms with Gasteiger partial charge >= 0.3 is 0 Å². The Kier molecular flexibility index (Phi) is 5.48. The Hall–Kier alpha value is -2.41. The second kappa shape index (κ2) is 8.18. The summed E-state index contributed by atoms with van der Waals surface area (Å²) < 4.78 is 22.6. The van der Waals surface area contributed by atoms with E-state index in [1.54, 1.807) is 0 Å². The lowest BCUT2D eigenvalue weighted by Gasteiger charge is -2.30. The fraction of sp³-hybridized carbons (Fsp3) is 0.600. The van der Waals surface area contributed by atoms with E-state index in [2.05, 4.69) is 19.2 Å². The first-order valence-corrected chi connectivity index (χ1v) is 11.9. The van der Waals surface area contributed by atoms with Gasteiger partial charge in [0.1, 0.15) is 5.82 Å². The van der Waals surface area contributed by atoms with Gasteiger partial charge in [-0.3, -0.25) is 4.79 Å². The quantitative estimate of drug-likeness (QED) is 0.706. The number of fused-ring (bicyclic) bond motifs is 1. The minimum absolute atomic E-state index is 0.0835. The van der Waals surface area contributed by atoms with Crippen molar-refractivity contribution in [3.8, 4) is 5.69 Å². The predicted octanol–water partition coefficient (Wildman–Crippen LogP) is 4.17. The topological polar surface area (TPSA) is 82.2 Å². The highest BCUT2D eigenvalue weighted by Crippen LogP contribution is 2.40. The number of ether oxygens (including phenoxy) is 1. The maximum Gasteiger partial charge on any atom is 0.253 e. The van der Waals surface area contributed by atoms with E-state index >= 15 is 4.39 Å². The van der Waals surface area contributed by atoms with Crippen LogP contribution in [0.5, 0.6) is 0 Å². The Balaban J connectivity index is 1.58. The van der Waals surface area contributed by atoms with Crippen molar-refractivity contribution in [2.24, 2.45) is 17.1 Å². The Bertz CT molecular complexity index is 1040. The van der Waals surface area contributed by atoms with Gasteiger partial charge in [-0.1, -0.05) is 13.8 Å². The fourth-order valence-electron chi connectivity index (χ4n) is 5.12. The van der Waals surface area contributed by atoms with E-state index in [1.165, 1.54) is 30.2 Å². The first-order valence-electron chi connectivity index (χ1n) is 11.9. The molecule has 2 heterocycles. The van der Waals surface area contributed by atoms with Crippen LogP contribution in [0.4, 0.5) is 10.1 Å². The largest absolute Gasteiger partial charge is 0.381 e. The van der Waals surface area contributed by atoms with Gasteiger partial charge in [-0.2, -0.15) is 5.10 Å². The zero-order valence-electron chi connectivity index (χ0n) is 19.0. The molecule has 5 rings (SSSR count). The number of rotatable bonds is 6. The van der Waals surface area contributed by atoms with Crippen LogP contribution in [0, 0.1) is 17.2 Å². The van der Waals surface area contributed by atoms with Crippen LogP contribution in [0.15, 0.2) is 12.1 Å². The molecule has 1 aromatic heterocycles. The molecule has 6 nitrogen and oxygen atoms in total. The first-order chi connectivity index (χ1) is 15.3. The first kappa shape index (κ1) is 21.4. The van der Waals surface area contributed by atoms with Crippen LogP contribution in [0.25, 0.3) is 5.69 Å². The Morgan fingerprint density at radius 2 is 2.03 bits per heavy atom. The normalized spacial score (nSPS) is 20.7. The number of carbonyl (C=O) groups excluding carboxylic acids is 1. The number of benzene rings is 1. The lowest BCUT2D eigenvalue weighted by Crippen LogP contribution is -2.29. The summed E-state index contributed by atoms with van der Waals surface area (Å²) in [6.07, 6.45) is 8.21. The SMILES string of the molecule is CC1(C)CCc2c(CC3CC3)nn(-c3cc(F)c(C(N)=O)c(NC4CCOCC4)c3)c2C1. The second-order valence-corrected chi connectivity index (χ2v) is 10.5. The summed E-state index contributed by atoms with van der Waals surface area (Å²) in [5.74, 6) is -0.633. The molecule has 172 valence electrons. The molecule has 2 aliphatic carbocycles. The molecule has 0 radical (unpaired) electrons. The Morgan fingerprint density at radius 3 is 2.72 bits per heavy atom. The van der Waals surface area contributed by atoms with Crippen molar-refractivity contribution in [1.82, 2.24) is 9.78 Å². The molecule has 1 saturated carbocycles. The number of hydrogen-bond acceptors (Lipinski definition) is 4.